The Morgan fingerprint density at radius 3 is 2.43 bits per heavy atom. The molecule has 71 valence electrons. The molecule has 0 atom stereocenters. The van der Waals surface area contributed by atoms with E-state index in [1.54, 1.807) is 11.3 Å². The van der Waals surface area contributed by atoms with Gasteiger partial charge in [-0.3, -0.25) is 0 Å². The summed E-state index contributed by atoms with van der Waals surface area (Å²) in [6.45, 7) is 4.10. The summed E-state index contributed by atoms with van der Waals surface area (Å²) in [4.78, 5) is 5.52. The van der Waals surface area contributed by atoms with Gasteiger partial charge in [-0.05, 0) is 24.5 Å². The van der Waals surface area contributed by atoms with Crippen LogP contribution in [0.4, 0.5) is 0 Å². The lowest BCUT2D eigenvalue weighted by Gasteiger charge is -2.00. The highest BCUT2D eigenvalue weighted by Gasteiger charge is 2.03. The first-order valence-corrected chi connectivity index (χ1v) is 5.49. The van der Waals surface area contributed by atoms with E-state index >= 15 is 0 Å². The first kappa shape index (κ1) is 9.41. The van der Waals surface area contributed by atoms with Crippen molar-refractivity contribution < 1.29 is 0 Å². The van der Waals surface area contributed by atoms with Crippen LogP contribution in [0, 0.1) is 13.3 Å². The first-order chi connectivity index (χ1) is 6.81. The molecule has 0 aliphatic heterocycles. The zero-order valence-electron chi connectivity index (χ0n) is 8.32. The van der Waals surface area contributed by atoms with Crippen LogP contribution < -0.4 is 0 Å². The number of rotatable bonds is 2. The summed E-state index contributed by atoms with van der Waals surface area (Å²) in [7, 11) is 0. The highest BCUT2D eigenvalue weighted by atomic mass is 32.1. The minimum Gasteiger partial charge on any atom is -0.249 e. The summed E-state index contributed by atoms with van der Waals surface area (Å²) in [5.41, 5.74) is 5.53. The van der Waals surface area contributed by atoms with E-state index in [1.807, 2.05) is 19.4 Å². The van der Waals surface area contributed by atoms with Crippen LogP contribution in [0.5, 0.6) is 0 Å². The maximum Gasteiger partial charge on any atom is 0.0801 e. The molecule has 0 aliphatic carbocycles. The van der Waals surface area contributed by atoms with Gasteiger partial charge in [0, 0.05) is 0 Å². The number of thiazole rings is 1. The fourth-order valence-electron chi connectivity index (χ4n) is 1.41. The summed E-state index contributed by atoms with van der Waals surface area (Å²) < 4.78 is 0. The molecule has 2 aromatic rings. The lowest BCUT2D eigenvalue weighted by Crippen LogP contribution is -1.80. The zero-order chi connectivity index (χ0) is 9.97. The van der Waals surface area contributed by atoms with Crippen LogP contribution in [0.1, 0.15) is 18.2 Å². The fraction of sp³-hybridized carbons (Fsp3) is 0.167. The molecular weight excluding hydrogens is 190 g/mol. The molecular formula is C12H12NS. The average Bonchev–Trinajstić information content (AvgIpc) is 2.65. The number of hydrogen-bond donors (Lipinski definition) is 0. The third kappa shape index (κ3) is 1.70. The van der Waals surface area contributed by atoms with E-state index in [4.69, 9.17) is 0 Å². The Kier molecular flexibility index (Phi) is 2.64. The van der Waals surface area contributed by atoms with E-state index in [-0.39, 0.29) is 0 Å². The van der Waals surface area contributed by atoms with Gasteiger partial charge >= 0.3 is 0 Å². The fourth-order valence-corrected chi connectivity index (χ4v) is 2.22. The van der Waals surface area contributed by atoms with Crippen molar-refractivity contribution in [3.05, 3.63) is 47.5 Å². The Bertz CT molecular complexity index is 414. The molecule has 0 aliphatic rings. The van der Waals surface area contributed by atoms with Gasteiger partial charge in [0.25, 0.3) is 0 Å². The molecule has 2 heteroatoms. The third-order valence-corrected chi connectivity index (χ3v) is 3.23. The van der Waals surface area contributed by atoms with Crippen LogP contribution in [0.25, 0.3) is 10.4 Å². The predicted molar refractivity (Wildman–Crippen MR) is 61.4 cm³/mol. The number of nitrogens with zero attached hydrogens (tertiary/aromatic N) is 1. The Labute approximate surface area is 88.4 Å². The summed E-state index contributed by atoms with van der Waals surface area (Å²) >= 11 is 1.69. The topological polar surface area (TPSA) is 12.9 Å². The summed E-state index contributed by atoms with van der Waals surface area (Å²) in [6, 6.07) is 8.56. The molecule has 1 radical (unpaired) electrons. The molecule has 0 unspecified atom stereocenters. The van der Waals surface area contributed by atoms with Gasteiger partial charge in [0.2, 0.25) is 0 Å². The van der Waals surface area contributed by atoms with Gasteiger partial charge in [-0.15, -0.1) is 11.3 Å². The molecule has 0 saturated heterocycles. The third-order valence-electron chi connectivity index (χ3n) is 2.25. The van der Waals surface area contributed by atoms with Crippen molar-refractivity contribution in [3.63, 3.8) is 0 Å². The monoisotopic (exact) mass is 202 g/mol. The number of hydrogen-bond acceptors (Lipinski definition) is 2. The van der Waals surface area contributed by atoms with E-state index in [2.05, 4.69) is 35.7 Å². The number of aromatic nitrogens is 1. The van der Waals surface area contributed by atoms with Gasteiger partial charge in [-0.2, -0.15) is 0 Å². The van der Waals surface area contributed by atoms with Crippen LogP contribution in [0.2, 0.25) is 0 Å². The van der Waals surface area contributed by atoms with E-state index in [1.165, 1.54) is 16.0 Å². The largest absolute Gasteiger partial charge is 0.249 e. The highest BCUT2D eigenvalue weighted by Crippen LogP contribution is 2.27. The molecule has 2 rings (SSSR count). The zero-order valence-corrected chi connectivity index (χ0v) is 9.14. The molecule has 1 aromatic heterocycles. The van der Waals surface area contributed by atoms with E-state index in [9.17, 15) is 0 Å². The molecule has 1 heterocycles. The molecule has 0 spiro atoms. The maximum atomic E-state index is 4.25. The minimum atomic E-state index is 1.11. The van der Waals surface area contributed by atoms with Crippen LogP contribution in [0.3, 0.4) is 0 Å². The van der Waals surface area contributed by atoms with E-state index < -0.39 is 0 Å². The van der Waals surface area contributed by atoms with Gasteiger partial charge in [0.1, 0.15) is 0 Å². The summed E-state index contributed by atoms with van der Waals surface area (Å²) in [5.74, 6) is 0. The summed E-state index contributed by atoms with van der Waals surface area (Å²) in [6.07, 6.45) is 2.10. The standard InChI is InChI=1S/C12H12NS/c1-3-10-4-6-11(7-5-10)12-9(2)13-8-14-12/h3-8H,1-2H3. The highest BCUT2D eigenvalue weighted by molar-refractivity contribution is 7.13. The van der Waals surface area contributed by atoms with Crippen LogP contribution in [-0.4, -0.2) is 4.98 Å². The molecule has 0 N–H and O–H groups in total. The molecule has 1 nitrogen and oxygen atoms in total. The molecule has 0 fully saturated rings. The number of aryl methyl sites for hydroxylation is 1. The predicted octanol–water partition coefficient (Wildman–Crippen LogP) is 3.69. The first-order valence-electron chi connectivity index (χ1n) is 4.61. The maximum absolute atomic E-state index is 4.25. The van der Waals surface area contributed by atoms with E-state index in [0.29, 0.717) is 0 Å². The Balaban J connectivity index is 2.39. The lowest BCUT2D eigenvalue weighted by atomic mass is 10.1. The SMILES string of the molecule is C[CH]c1ccc(-c2scnc2C)cc1. The normalized spacial score (nSPS) is 10.4. The number of benzene rings is 1. The molecule has 0 bridgehead atoms. The Morgan fingerprint density at radius 1 is 1.21 bits per heavy atom. The van der Waals surface area contributed by atoms with Crippen molar-refractivity contribution in [2.45, 2.75) is 13.8 Å². The average molecular weight is 202 g/mol. The van der Waals surface area contributed by atoms with Crippen molar-refractivity contribution in [1.29, 1.82) is 0 Å². The molecule has 14 heavy (non-hydrogen) atoms. The second-order valence-corrected chi connectivity index (χ2v) is 4.03. The van der Waals surface area contributed by atoms with Gasteiger partial charge < -0.3 is 0 Å². The van der Waals surface area contributed by atoms with E-state index in [0.717, 1.165) is 5.69 Å². The second-order valence-electron chi connectivity index (χ2n) is 3.18. The lowest BCUT2D eigenvalue weighted by molar-refractivity contribution is 1.27. The van der Waals surface area contributed by atoms with Gasteiger partial charge in [0.05, 0.1) is 16.1 Å². The van der Waals surface area contributed by atoms with Gasteiger partial charge in [-0.1, -0.05) is 31.2 Å². The molecule has 1 aromatic carbocycles. The molecule has 0 saturated carbocycles. The Hall–Kier alpha value is -1.15. The van der Waals surface area contributed by atoms with Crippen molar-refractivity contribution in [1.82, 2.24) is 4.98 Å². The van der Waals surface area contributed by atoms with Crippen molar-refractivity contribution in [3.8, 4) is 10.4 Å². The van der Waals surface area contributed by atoms with Crippen molar-refractivity contribution in [2.75, 3.05) is 0 Å². The smallest absolute Gasteiger partial charge is 0.0801 e. The van der Waals surface area contributed by atoms with Gasteiger partial charge in [-0.25, -0.2) is 4.98 Å². The Morgan fingerprint density at radius 2 is 1.93 bits per heavy atom. The minimum absolute atomic E-state index is 1.11. The van der Waals surface area contributed by atoms with Crippen LogP contribution >= 0.6 is 11.3 Å². The van der Waals surface area contributed by atoms with Crippen LogP contribution in [-0.2, 0) is 0 Å². The second kappa shape index (κ2) is 3.93. The van der Waals surface area contributed by atoms with Crippen LogP contribution in [0.15, 0.2) is 29.8 Å². The molecule has 0 amide bonds. The summed E-state index contributed by atoms with van der Waals surface area (Å²) in [5, 5.41) is 0. The van der Waals surface area contributed by atoms with Crippen molar-refractivity contribution >= 4 is 11.3 Å². The van der Waals surface area contributed by atoms with Gasteiger partial charge in [0.15, 0.2) is 0 Å². The van der Waals surface area contributed by atoms with Crippen molar-refractivity contribution in [2.24, 2.45) is 0 Å². The quantitative estimate of drug-likeness (QED) is 0.723.